The van der Waals surface area contributed by atoms with E-state index in [-0.39, 0.29) is 59.7 Å². The molecule has 0 radical (unpaired) electrons. The van der Waals surface area contributed by atoms with Gasteiger partial charge >= 0.3 is 5.97 Å². The average Bonchev–Trinajstić information content (AvgIpc) is 4.01. The van der Waals surface area contributed by atoms with E-state index < -0.39 is 0 Å². The zero-order valence-corrected chi connectivity index (χ0v) is 37.2. The summed E-state index contributed by atoms with van der Waals surface area (Å²) in [5.41, 5.74) is 8.89. The van der Waals surface area contributed by atoms with Gasteiger partial charge in [-0.15, -0.1) is 22.7 Å². The van der Waals surface area contributed by atoms with Crippen molar-refractivity contribution >= 4 is 61.6 Å². The average molecular weight is 869 g/mol. The number of methoxy groups -OCH3 is 2. The van der Waals surface area contributed by atoms with Gasteiger partial charge in [-0.2, -0.15) is 0 Å². The van der Waals surface area contributed by atoms with Crippen LogP contribution < -0.4 is 16.6 Å². The number of anilines is 1. The van der Waals surface area contributed by atoms with Crippen molar-refractivity contribution in [3.05, 3.63) is 42.6 Å². The highest BCUT2D eigenvalue weighted by molar-refractivity contribution is 7.18. The van der Waals surface area contributed by atoms with E-state index in [1.54, 1.807) is 44.4 Å². The fourth-order valence-corrected chi connectivity index (χ4v) is 12.1. The van der Waals surface area contributed by atoms with Gasteiger partial charge < -0.3 is 35.1 Å². The van der Waals surface area contributed by atoms with Crippen LogP contribution >= 0.6 is 22.7 Å². The Morgan fingerprint density at radius 1 is 0.817 bits per heavy atom. The summed E-state index contributed by atoms with van der Waals surface area (Å²) in [6.45, 7) is 9.64. The number of carbonyl (C=O) groups is 4. The maximum Gasteiger partial charge on any atom is 0.341 e. The van der Waals surface area contributed by atoms with Gasteiger partial charge in [-0.25, -0.2) is 9.78 Å². The fraction of sp³-hybridized carbons (Fsp3) is 0.667. The molecule has 2 aliphatic carbocycles. The molecule has 0 unspecified atom stereocenters. The monoisotopic (exact) mass is 868 g/mol. The molecule has 60 heavy (non-hydrogen) atoms. The Labute approximate surface area is 359 Å². The lowest BCUT2D eigenvalue weighted by molar-refractivity contribution is -0.135. The molecule has 1 saturated heterocycles. The number of hydrogen-bond donors (Lipinski definition) is 2. The minimum Gasteiger partial charge on any atom is -0.462 e. The van der Waals surface area contributed by atoms with Gasteiger partial charge in [0.15, 0.2) is 0 Å². The van der Waals surface area contributed by atoms with Crippen molar-refractivity contribution in [3.8, 4) is 0 Å². The zero-order valence-electron chi connectivity index (χ0n) is 35.6. The highest BCUT2D eigenvalue weighted by Crippen LogP contribution is 2.41. The summed E-state index contributed by atoms with van der Waals surface area (Å²) in [5.74, 6) is 0.678. The molecule has 3 aromatic rings. The molecule has 3 aromatic heterocycles. The summed E-state index contributed by atoms with van der Waals surface area (Å²) >= 11 is 3.15. The van der Waals surface area contributed by atoms with Crippen LogP contribution in [0, 0.1) is 11.8 Å². The lowest BCUT2D eigenvalue weighted by Crippen LogP contribution is -2.37. The van der Waals surface area contributed by atoms with E-state index in [9.17, 15) is 24.0 Å². The molecule has 2 saturated carbocycles. The third-order valence-corrected chi connectivity index (χ3v) is 14.9. The maximum absolute atomic E-state index is 13.6. The van der Waals surface area contributed by atoms with Gasteiger partial charge in [0.2, 0.25) is 17.7 Å². The zero-order chi connectivity index (χ0) is 42.7. The first-order chi connectivity index (χ1) is 28.9. The van der Waals surface area contributed by atoms with E-state index in [2.05, 4.69) is 15.1 Å². The molecule has 16 nitrogen and oxygen atoms in total. The van der Waals surface area contributed by atoms with Gasteiger partial charge in [-0.1, -0.05) is 12.8 Å². The van der Waals surface area contributed by atoms with Gasteiger partial charge in [0.05, 0.1) is 61.7 Å². The van der Waals surface area contributed by atoms with Crippen LogP contribution in [0.3, 0.4) is 0 Å². The number of nitrogens with two attached hydrogens (primary N) is 1. The molecule has 3 amide bonds. The van der Waals surface area contributed by atoms with Crippen LogP contribution in [0.2, 0.25) is 0 Å². The summed E-state index contributed by atoms with van der Waals surface area (Å²) < 4.78 is 17.3. The molecular weight excluding hydrogens is 809 g/mol. The van der Waals surface area contributed by atoms with E-state index in [1.807, 2.05) is 11.6 Å². The minimum absolute atomic E-state index is 0.0229. The molecule has 7 heterocycles. The molecule has 0 spiro atoms. The van der Waals surface area contributed by atoms with E-state index >= 15 is 0 Å². The summed E-state index contributed by atoms with van der Waals surface area (Å²) in [4.78, 5) is 77.5. The second kappa shape index (κ2) is 19.4. The molecular formula is C42H60N8O8S2. The van der Waals surface area contributed by atoms with Crippen molar-refractivity contribution in [1.29, 1.82) is 0 Å². The Kier molecular flexibility index (Phi) is 14.3. The number of ether oxygens (including phenoxy) is 3. The largest absolute Gasteiger partial charge is 0.462 e. The third-order valence-electron chi connectivity index (χ3n) is 12.7. The smallest absolute Gasteiger partial charge is 0.341 e. The molecule has 4 atom stereocenters. The van der Waals surface area contributed by atoms with Crippen molar-refractivity contribution in [1.82, 2.24) is 34.5 Å². The quantitative estimate of drug-likeness (QED) is 0.317. The summed E-state index contributed by atoms with van der Waals surface area (Å²) in [6, 6.07) is 0.0686. The number of likely N-dealkylation sites (N-methyl/N-ethyl adjacent to an activating group) is 1. The van der Waals surface area contributed by atoms with E-state index in [0.717, 1.165) is 125 Å². The van der Waals surface area contributed by atoms with Crippen LogP contribution in [0.5, 0.6) is 0 Å². The molecule has 6 aliphatic rings. The number of nitrogens with zero attached hydrogens (tertiary/aromatic N) is 6. The molecule has 4 aliphatic heterocycles. The predicted octanol–water partition coefficient (Wildman–Crippen LogP) is 3.03. The number of thiophene rings is 2. The molecule has 9 rings (SSSR count). The van der Waals surface area contributed by atoms with Crippen LogP contribution in [0.1, 0.15) is 88.6 Å². The van der Waals surface area contributed by atoms with Gasteiger partial charge in [0, 0.05) is 83.4 Å². The standard InChI is InChI=1S/C20H26N4O3S.C13H20N2O3S.C9H14N2O2/c1-22-11-16-21-18-17(13-6-7-23(8-9-27-2)10-15(13)28-18)20(26)24(16)14-5-3-4-12(14)19(22)25;1-3-18-13(16)11-9-4-5-15(6-7-17-2)8-10(9)19-12(11)14;1-11-5-8(12)10-7-4-2-3-6(7)9(11)13/h12,14H,3-11H2,1-2H3;3-8,14H2,1-2H3;6-7H,2-5H2,1H3,(H,10,12)/t12-,14-;;6-,7-/m0.0/s1. The van der Waals surface area contributed by atoms with Crippen molar-refractivity contribution in [2.24, 2.45) is 11.8 Å². The van der Waals surface area contributed by atoms with E-state index in [0.29, 0.717) is 23.7 Å². The SMILES string of the molecule is CCOC(=O)c1c(N)sc2c1CCN(CCOC)C2.CN1CC(=O)N[C@H]2CCC[C@@H]2C1=O.COCCN1CCc2c(sc3nc4n(c(=O)c23)[C@H]2CCC[C@@H]2C(=O)N(C)C4)C1. The lowest BCUT2D eigenvalue weighted by Gasteiger charge is -2.26. The summed E-state index contributed by atoms with van der Waals surface area (Å²) in [5, 5.41) is 4.28. The molecule has 3 N–H and O–H groups in total. The Hall–Kier alpha value is -3.94. The highest BCUT2D eigenvalue weighted by atomic mass is 32.1. The number of rotatable bonds is 8. The van der Waals surface area contributed by atoms with Crippen LogP contribution in [-0.2, 0) is 61.1 Å². The Morgan fingerprint density at radius 2 is 1.43 bits per heavy atom. The van der Waals surface area contributed by atoms with Gasteiger partial charge in [-0.3, -0.25) is 33.5 Å². The van der Waals surface area contributed by atoms with Crippen molar-refractivity contribution in [2.45, 2.75) is 90.0 Å². The number of esters is 1. The first kappa shape index (κ1) is 44.1. The number of amides is 3. The number of hydrogen-bond acceptors (Lipinski definition) is 14. The molecule has 3 fully saturated rings. The van der Waals surface area contributed by atoms with Crippen LogP contribution in [-0.4, -0.2) is 140 Å². The molecule has 0 aromatic carbocycles. The van der Waals surface area contributed by atoms with Crippen LogP contribution in [0.15, 0.2) is 4.79 Å². The second-order valence-corrected chi connectivity index (χ2v) is 18.8. The number of carbonyl (C=O) groups excluding carboxylic acids is 4. The van der Waals surface area contributed by atoms with Crippen LogP contribution in [0.25, 0.3) is 10.2 Å². The second-order valence-electron chi connectivity index (χ2n) is 16.6. The molecule has 18 heteroatoms. The summed E-state index contributed by atoms with van der Waals surface area (Å²) in [7, 11) is 6.96. The third kappa shape index (κ3) is 9.14. The topological polar surface area (TPSA) is 182 Å². The van der Waals surface area contributed by atoms with E-state index in [4.69, 9.17) is 24.9 Å². The number of nitrogen functional groups attached to an aromatic ring is 1. The highest BCUT2D eigenvalue weighted by Gasteiger charge is 2.41. The van der Waals surface area contributed by atoms with Crippen molar-refractivity contribution in [2.75, 3.05) is 86.6 Å². The van der Waals surface area contributed by atoms with Gasteiger partial charge in [0.1, 0.15) is 15.7 Å². The summed E-state index contributed by atoms with van der Waals surface area (Å²) in [6.07, 6.45) is 7.41. The van der Waals surface area contributed by atoms with Gasteiger partial charge in [-0.05, 0) is 56.6 Å². The molecule has 0 bridgehead atoms. The first-order valence-corrected chi connectivity index (χ1v) is 22.9. The minimum atomic E-state index is -0.289. The Bertz CT molecular complexity index is 2140. The maximum atomic E-state index is 13.6. The Morgan fingerprint density at radius 3 is 2.12 bits per heavy atom. The van der Waals surface area contributed by atoms with E-state index in [1.165, 1.54) is 31.6 Å². The lowest BCUT2D eigenvalue weighted by atomic mass is 10.0. The van der Waals surface area contributed by atoms with Crippen molar-refractivity contribution in [3.63, 3.8) is 0 Å². The normalized spacial score (nSPS) is 23.9. The number of nitrogens with one attached hydrogen (secondary N) is 1. The first-order valence-electron chi connectivity index (χ1n) is 21.3. The van der Waals surface area contributed by atoms with Crippen LogP contribution in [0.4, 0.5) is 5.00 Å². The predicted molar refractivity (Wildman–Crippen MR) is 230 cm³/mol. The Balaban J connectivity index is 0.000000147. The number of fused-ring (bicyclic) bond motifs is 8. The van der Waals surface area contributed by atoms with Crippen molar-refractivity contribution < 1.29 is 33.4 Å². The number of aromatic nitrogens is 2. The molecule has 328 valence electrons. The fourth-order valence-electron chi connectivity index (χ4n) is 9.70. The van der Waals surface area contributed by atoms with Gasteiger partial charge in [0.25, 0.3) is 5.56 Å².